The molecule has 0 aromatic heterocycles. The average molecular weight is 448 g/mol. The topological polar surface area (TPSA) is 114 Å². The number of anilines is 3. The fourth-order valence-electron chi connectivity index (χ4n) is 3.38. The lowest BCUT2D eigenvalue weighted by atomic mass is 10.1. The molecule has 1 aliphatic rings. The van der Waals surface area contributed by atoms with Crippen molar-refractivity contribution in [2.24, 2.45) is 5.92 Å². The lowest BCUT2D eigenvalue weighted by molar-refractivity contribution is -0.122. The number of nitrogens with zero attached hydrogens (tertiary/aromatic N) is 1. The van der Waals surface area contributed by atoms with Gasteiger partial charge < -0.3 is 19.7 Å². The molecule has 0 radical (unpaired) electrons. The molecular formula is C21H25N3O6S. The van der Waals surface area contributed by atoms with Crippen molar-refractivity contribution in [3.05, 3.63) is 42.0 Å². The van der Waals surface area contributed by atoms with E-state index in [1.54, 1.807) is 43.3 Å². The van der Waals surface area contributed by atoms with Gasteiger partial charge in [0.05, 0.1) is 37.8 Å². The highest BCUT2D eigenvalue weighted by molar-refractivity contribution is 7.92. The number of hydrogen-bond acceptors (Lipinski definition) is 6. The van der Waals surface area contributed by atoms with Crippen molar-refractivity contribution in [3.63, 3.8) is 0 Å². The summed E-state index contributed by atoms with van der Waals surface area (Å²) in [7, 11) is -0.415. The molecule has 1 unspecified atom stereocenters. The van der Waals surface area contributed by atoms with Crippen molar-refractivity contribution in [1.29, 1.82) is 0 Å². The molecule has 2 aromatic rings. The molecule has 1 fully saturated rings. The average Bonchev–Trinajstić information content (AvgIpc) is 3.10. The molecule has 0 aliphatic carbocycles. The number of sulfonamides is 1. The molecule has 1 saturated heterocycles. The summed E-state index contributed by atoms with van der Waals surface area (Å²) in [5, 5.41) is 2.77. The molecule has 0 spiro atoms. The molecule has 10 heteroatoms. The van der Waals surface area contributed by atoms with E-state index in [2.05, 4.69) is 10.0 Å². The fourth-order valence-corrected chi connectivity index (χ4v) is 4.00. The van der Waals surface area contributed by atoms with Crippen LogP contribution in [0.4, 0.5) is 17.1 Å². The van der Waals surface area contributed by atoms with Gasteiger partial charge in [0.15, 0.2) is 0 Å². The van der Waals surface area contributed by atoms with Crippen LogP contribution in [0.3, 0.4) is 0 Å². The minimum absolute atomic E-state index is 0.0481. The van der Waals surface area contributed by atoms with Crippen LogP contribution in [0.2, 0.25) is 0 Å². The minimum atomic E-state index is -3.45. The molecular weight excluding hydrogens is 422 g/mol. The van der Waals surface area contributed by atoms with E-state index >= 15 is 0 Å². The molecule has 3 rings (SSSR count). The number of ether oxygens (including phenoxy) is 2. The number of methoxy groups -OCH3 is 2. The summed E-state index contributed by atoms with van der Waals surface area (Å²) >= 11 is 0. The second-order valence-electron chi connectivity index (χ2n) is 7.34. The first-order valence-corrected chi connectivity index (χ1v) is 11.4. The predicted octanol–water partition coefficient (Wildman–Crippen LogP) is 2.38. The Bertz CT molecular complexity index is 1120. The molecule has 1 heterocycles. The summed E-state index contributed by atoms with van der Waals surface area (Å²) in [6.07, 6.45) is 1.11. The Morgan fingerprint density at radius 3 is 2.52 bits per heavy atom. The van der Waals surface area contributed by atoms with Crippen molar-refractivity contribution < 1.29 is 27.5 Å². The third kappa shape index (κ3) is 5.26. The molecule has 9 nitrogen and oxygen atoms in total. The number of benzene rings is 2. The highest BCUT2D eigenvalue weighted by atomic mass is 32.2. The Morgan fingerprint density at radius 1 is 1.13 bits per heavy atom. The van der Waals surface area contributed by atoms with Crippen molar-refractivity contribution in [3.8, 4) is 11.5 Å². The lowest BCUT2D eigenvalue weighted by Gasteiger charge is -2.20. The first kappa shape index (κ1) is 22.4. The van der Waals surface area contributed by atoms with Gasteiger partial charge in [0.1, 0.15) is 11.5 Å². The third-order valence-electron chi connectivity index (χ3n) is 4.97. The van der Waals surface area contributed by atoms with E-state index in [0.29, 0.717) is 28.6 Å². The van der Waals surface area contributed by atoms with E-state index in [9.17, 15) is 18.0 Å². The van der Waals surface area contributed by atoms with Crippen LogP contribution in [0.1, 0.15) is 12.0 Å². The lowest BCUT2D eigenvalue weighted by Crippen LogP contribution is -2.28. The van der Waals surface area contributed by atoms with Crippen LogP contribution in [0, 0.1) is 12.8 Å². The quantitative estimate of drug-likeness (QED) is 0.674. The van der Waals surface area contributed by atoms with Gasteiger partial charge in [-0.05, 0) is 36.8 Å². The Kier molecular flexibility index (Phi) is 6.40. The van der Waals surface area contributed by atoms with Crippen LogP contribution < -0.4 is 24.4 Å². The highest BCUT2D eigenvalue weighted by Gasteiger charge is 2.36. The smallest absolute Gasteiger partial charge is 0.229 e. The van der Waals surface area contributed by atoms with Crippen LogP contribution in [0.5, 0.6) is 11.5 Å². The largest absolute Gasteiger partial charge is 0.497 e. The maximum absolute atomic E-state index is 12.8. The van der Waals surface area contributed by atoms with Crippen LogP contribution in [0.25, 0.3) is 0 Å². The Hall–Kier alpha value is -3.27. The SMILES string of the molecule is COc1ccc(OC)c(N2CC(C(=O)Nc3ccc(C)c(NS(C)(=O)=O)c3)CC2=O)c1. The number of hydrogen-bond donors (Lipinski definition) is 2. The van der Waals surface area contributed by atoms with Crippen LogP contribution in [-0.2, 0) is 19.6 Å². The second-order valence-corrected chi connectivity index (χ2v) is 9.08. The Balaban J connectivity index is 1.76. The van der Waals surface area contributed by atoms with Crippen LogP contribution in [0.15, 0.2) is 36.4 Å². The zero-order valence-electron chi connectivity index (χ0n) is 17.8. The number of aryl methyl sites for hydroxylation is 1. The maximum Gasteiger partial charge on any atom is 0.229 e. The van der Waals surface area contributed by atoms with E-state index in [1.165, 1.54) is 19.1 Å². The normalized spacial score (nSPS) is 16.2. The predicted molar refractivity (Wildman–Crippen MR) is 118 cm³/mol. The molecule has 31 heavy (non-hydrogen) atoms. The molecule has 2 amide bonds. The summed E-state index contributed by atoms with van der Waals surface area (Å²) in [6, 6.07) is 10.1. The van der Waals surface area contributed by atoms with Crippen molar-refractivity contribution in [2.75, 3.05) is 42.0 Å². The first-order valence-electron chi connectivity index (χ1n) is 9.53. The number of amides is 2. The van der Waals surface area contributed by atoms with Crippen LogP contribution >= 0.6 is 0 Å². The van der Waals surface area contributed by atoms with Gasteiger partial charge in [0.2, 0.25) is 21.8 Å². The zero-order chi connectivity index (χ0) is 22.8. The van der Waals surface area contributed by atoms with Crippen molar-refractivity contribution in [2.45, 2.75) is 13.3 Å². The monoisotopic (exact) mass is 447 g/mol. The zero-order valence-corrected chi connectivity index (χ0v) is 18.6. The number of carbonyl (C=O) groups excluding carboxylic acids is 2. The van der Waals surface area contributed by atoms with E-state index in [1.807, 2.05) is 0 Å². The third-order valence-corrected chi connectivity index (χ3v) is 5.56. The number of nitrogens with one attached hydrogen (secondary N) is 2. The van der Waals surface area contributed by atoms with Gasteiger partial charge in [-0.3, -0.25) is 14.3 Å². The van der Waals surface area contributed by atoms with Gasteiger partial charge in [-0.25, -0.2) is 8.42 Å². The fraction of sp³-hybridized carbons (Fsp3) is 0.333. The second kappa shape index (κ2) is 8.84. The number of rotatable bonds is 7. The van der Waals surface area contributed by atoms with Gasteiger partial charge in [-0.15, -0.1) is 0 Å². The van der Waals surface area contributed by atoms with Crippen molar-refractivity contribution in [1.82, 2.24) is 0 Å². The molecule has 0 bridgehead atoms. The maximum atomic E-state index is 12.8. The van der Waals surface area contributed by atoms with Crippen molar-refractivity contribution >= 4 is 38.9 Å². The Morgan fingerprint density at radius 2 is 1.87 bits per heavy atom. The molecule has 0 saturated carbocycles. The molecule has 166 valence electrons. The molecule has 1 atom stereocenters. The highest BCUT2D eigenvalue weighted by Crippen LogP contribution is 2.36. The van der Waals surface area contributed by atoms with E-state index in [-0.39, 0.29) is 24.8 Å². The minimum Gasteiger partial charge on any atom is -0.497 e. The summed E-state index contributed by atoms with van der Waals surface area (Å²) in [6.45, 7) is 1.95. The van der Waals surface area contributed by atoms with Gasteiger partial charge in [-0.2, -0.15) is 0 Å². The summed E-state index contributed by atoms with van der Waals surface area (Å²) in [5.74, 6) is -0.0229. The molecule has 2 N–H and O–H groups in total. The summed E-state index contributed by atoms with van der Waals surface area (Å²) < 4.78 is 36.1. The van der Waals surface area contributed by atoms with E-state index in [0.717, 1.165) is 11.8 Å². The van der Waals surface area contributed by atoms with E-state index < -0.39 is 15.9 Å². The van der Waals surface area contributed by atoms with Gasteiger partial charge >= 0.3 is 0 Å². The van der Waals surface area contributed by atoms with Gasteiger partial charge in [0, 0.05) is 24.7 Å². The van der Waals surface area contributed by atoms with Gasteiger partial charge in [0.25, 0.3) is 0 Å². The summed E-state index contributed by atoms with van der Waals surface area (Å²) in [5.41, 5.74) is 2.07. The molecule has 1 aliphatic heterocycles. The number of carbonyl (C=O) groups is 2. The van der Waals surface area contributed by atoms with Gasteiger partial charge in [-0.1, -0.05) is 6.07 Å². The Labute approximate surface area is 181 Å². The molecule has 2 aromatic carbocycles. The van der Waals surface area contributed by atoms with Crippen LogP contribution in [-0.4, -0.2) is 47.3 Å². The first-order chi connectivity index (χ1) is 14.6. The van der Waals surface area contributed by atoms with E-state index in [4.69, 9.17) is 9.47 Å². The summed E-state index contributed by atoms with van der Waals surface area (Å²) in [4.78, 5) is 27.0. The standard InChI is InChI=1S/C21H25N3O6S/c1-13-5-6-15(10-17(13)23-31(4,27)28)22-21(26)14-9-20(25)24(12-14)18-11-16(29-2)7-8-19(18)30-3/h5-8,10-11,14,23H,9,12H2,1-4H3,(H,22,26).